The number of nitrogens with one attached hydrogen (secondary N) is 1. The van der Waals surface area contributed by atoms with Gasteiger partial charge in [-0.15, -0.1) is 0 Å². The normalized spacial score (nSPS) is 10.2. The van der Waals surface area contributed by atoms with Crippen LogP contribution in [0.25, 0.3) is 0 Å². The van der Waals surface area contributed by atoms with Crippen molar-refractivity contribution in [3.05, 3.63) is 33.2 Å². The van der Waals surface area contributed by atoms with Gasteiger partial charge in [0.1, 0.15) is 12.2 Å². The van der Waals surface area contributed by atoms with E-state index < -0.39 is 11.5 Å². The number of Topliss-reactive ketones (excluding diaryl/α,β-unsaturated/α-hetero) is 1. The molecule has 6 nitrogen and oxygen atoms in total. The second-order valence-corrected chi connectivity index (χ2v) is 3.48. The number of carbonyl (C=O) groups excluding carboxylic acids is 2. The van der Waals surface area contributed by atoms with Gasteiger partial charge in [-0.1, -0.05) is 0 Å². The highest BCUT2D eigenvalue weighted by Crippen LogP contribution is 2.06. The quantitative estimate of drug-likeness (QED) is 0.705. The van der Waals surface area contributed by atoms with Crippen LogP contribution in [0.3, 0.4) is 0 Å². The first-order valence-corrected chi connectivity index (χ1v) is 5.12. The van der Waals surface area contributed by atoms with Crippen LogP contribution in [0.2, 0.25) is 0 Å². The summed E-state index contributed by atoms with van der Waals surface area (Å²) in [7, 11) is 0. The molecule has 1 rings (SSSR count). The second-order valence-electron chi connectivity index (χ2n) is 3.48. The summed E-state index contributed by atoms with van der Waals surface area (Å²) in [5.74, 6) is -1.17. The molecule has 0 aliphatic carbocycles. The molecule has 6 heteroatoms. The molecule has 1 aromatic rings. The lowest BCUT2D eigenvalue weighted by atomic mass is 10.1. The van der Waals surface area contributed by atoms with Gasteiger partial charge < -0.3 is 15.5 Å². The average molecular weight is 238 g/mol. The zero-order valence-electron chi connectivity index (χ0n) is 9.70. The summed E-state index contributed by atoms with van der Waals surface area (Å²) in [5.41, 5.74) is 4.85. The van der Waals surface area contributed by atoms with Crippen LogP contribution in [0, 0.1) is 6.92 Å². The number of amides is 1. The Morgan fingerprint density at radius 3 is 2.59 bits per heavy atom. The van der Waals surface area contributed by atoms with Crippen molar-refractivity contribution in [3.8, 4) is 0 Å². The second kappa shape index (κ2) is 5.40. The number of rotatable bonds is 5. The first-order chi connectivity index (χ1) is 7.97. The number of hydrogen-bond donors (Lipinski definition) is 2. The molecular formula is C11H14N2O4. The van der Waals surface area contributed by atoms with E-state index >= 15 is 0 Å². The van der Waals surface area contributed by atoms with Gasteiger partial charge in [0.05, 0.1) is 0 Å². The number of aryl methyl sites for hydroxylation is 1. The number of nitrogens with two attached hydrogens (primary N) is 1. The minimum Gasteiger partial charge on any atom is -0.374 e. The van der Waals surface area contributed by atoms with Gasteiger partial charge in [0.15, 0.2) is 5.78 Å². The number of aromatic amines is 1. The molecule has 0 aromatic carbocycles. The van der Waals surface area contributed by atoms with E-state index in [0.717, 1.165) is 0 Å². The van der Waals surface area contributed by atoms with Gasteiger partial charge in [0.25, 0.3) is 11.5 Å². The summed E-state index contributed by atoms with van der Waals surface area (Å²) in [6.45, 7) is 3.66. The Morgan fingerprint density at radius 1 is 1.41 bits per heavy atom. The van der Waals surface area contributed by atoms with Crippen LogP contribution >= 0.6 is 0 Å². The van der Waals surface area contributed by atoms with E-state index in [4.69, 9.17) is 10.5 Å². The molecule has 92 valence electrons. The molecule has 0 radical (unpaired) electrons. The Hall–Kier alpha value is -1.95. The highest BCUT2D eigenvalue weighted by atomic mass is 16.5. The lowest BCUT2D eigenvalue weighted by Gasteiger charge is -2.06. The molecule has 0 atom stereocenters. The van der Waals surface area contributed by atoms with Crippen LogP contribution in [-0.2, 0) is 4.74 Å². The van der Waals surface area contributed by atoms with Crippen molar-refractivity contribution < 1.29 is 14.3 Å². The van der Waals surface area contributed by atoms with Crippen LogP contribution in [-0.4, -0.2) is 29.9 Å². The summed E-state index contributed by atoms with van der Waals surface area (Å²) >= 11 is 0. The molecular weight excluding hydrogens is 224 g/mol. The van der Waals surface area contributed by atoms with Crippen molar-refractivity contribution in [1.82, 2.24) is 4.98 Å². The van der Waals surface area contributed by atoms with E-state index in [1.54, 1.807) is 13.8 Å². The van der Waals surface area contributed by atoms with E-state index in [2.05, 4.69) is 4.98 Å². The van der Waals surface area contributed by atoms with E-state index in [1.807, 2.05) is 0 Å². The summed E-state index contributed by atoms with van der Waals surface area (Å²) in [6, 6.07) is 1.21. The van der Waals surface area contributed by atoms with Crippen LogP contribution in [0.5, 0.6) is 0 Å². The van der Waals surface area contributed by atoms with Gasteiger partial charge >= 0.3 is 0 Å². The molecule has 0 saturated heterocycles. The molecule has 0 saturated carbocycles. The fourth-order valence-electron chi connectivity index (χ4n) is 1.37. The maximum atomic E-state index is 11.7. The van der Waals surface area contributed by atoms with Crippen LogP contribution in [0.1, 0.15) is 33.3 Å². The Balaban J connectivity index is 3.16. The molecule has 0 aliphatic rings. The predicted molar refractivity (Wildman–Crippen MR) is 61.1 cm³/mol. The summed E-state index contributed by atoms with van der Waals surface area (Å²) < 4.78 is 4.98. The van der Waals surface area contributed by atoms with E-state index in [-0.39, 0.29) is 23.5 Å². The highest BCUT2D eigenvalue weighted by Gasteiger charge is 2.15. The predicted octanol–water partition coefficient (Wildman–Crippen LogP) is 0.00142. The van der Waals surface area contributed by atoms with E-state index in [9.17, 15) is 14.4 Å². The number of hydrogen-bond acceptors (Lipinski definition) is 4. The van der Waals surface area contributed by atoms with Crippen LogP contribution in [0.15, 0.2) is 10.9 Å². The molecule has 0 bridgehead atoms. The van der Waals surface area contributed by atoms with Crippen molar-refractivity contribution in [2.45, 2.75) is 13.8 Å². The number of pyridine rings is 1. The molecule has 0 fully saturated rings. The van der Waals surface area contributed by atoms with Crippen molar-refractivity contribution in [3.63, 3.8) is 0 Å². The van der Waals surface area contributed by atoms with Gasteiger partial charge in [-0.3, -0.25) is 14.4 Å². The lowest BCUT2D eigenvalue weighted by molar-refractivity contribution is 0.0782. The number of ether oxygens (including phenoxy) is 1. The third-order valence-corrected chi connectivity index (χ3v) is 2.24. The number of aromatic nitrogens is 1. The fourth-order valence-corrected chi connectivity index (χ4v) is 1.37. The Morgan fingerprint density at radius 2 is 2.06 bits per heavy atom. The average Bonchev–Trinajstić information content (AvgIpc) is 2.25. The molecule has 0 aliphatic heterocycles. The fraction of sp³-hybridized carbons (Fsp3) is 0.364. The van der Waals surface area contributed by atoms with Crippen molar-refractivity contribution in [2.24, 2.45) is 5.73 Å². The topological polar surface area (TPSA) is 102 Å². The summed E-state index contributed by atoms with van der Waals surface area (Å²) in [4.78, 5) is 36.5. The summed E-state index contributed by atoms with van der Waals surface area (Å²) in [6.07, 6.45) is 0. The third-order valence-electron chi connectivity index (χ3n) is 2.24. The maximum absolute atomic E-state index is 11.7. The zero-order chi connectivity index (χ0) is 13.0. The first kappa shape index (κ1) is 13.1. The van der Waals surface area contributed by atoms with Crippen molar-refractivity contribution >= 4 is 11.7 Å². The Kier molecular flexibility index (Phi) is 4.17. The smallest absolute Gasteiger partial charge is 0.261 e. The molecule has 1 amide bonds. The van der Waals surface area contributed by atoms with Crippen molar-refractivity contribution in [1.29, 1.82) is 0 Å². The van der Waals surface area contributed by atoms with Crippen LogP contribution in [0.4, 0.5) is 0 Å². The zero-order valence-corrected chi connectivity index (χ0v) is 9.70. The molecule has 3 N–H and O–H groups in total. The summed E-state index contributed by atoms with van der Waals surface area (Å²) in [5, 5.41) is 0. The van der Waals surface area contributed by atoms with Gasteiger partial charge in [-0.25, -0.2) is 0 Å². The molecule has 17 heavy (non-hydrogen) atoms. The highest BCUT2D eigenvalue weighted by molar-refractivity contribution is 6.01. The number of H-pyrrole nitrogens is 1. The Bertz CT molecular complexity index is 505. The van der Waals surface area contributed by atoms with Gasteiger partial charge in [-0.2, -0.15) is 0 Å². The lowest BCUT2D eigenvalue weighted by Crippen LogP contribution is -2.26. The van der Waals surface area contributed by atoms with E-state index in [1.165, 1.54) is 6.07 Å². The van der Waals surface area contributed by atoms with Gasteiger partial charge in [-0.05, 0) is 19.9 Å². The third kappa shape index (κ3) is 3.01. The number of ketones is 1. The van der Waals surface area contributed by atoms with E-state index in [0.29, 0.717) is 12.3 Å². The minimum atomic E-state index is -0.864. The number of primary amides is 1. The largest absolute Gasteiger partial charge is 0.374 e. The Labute approximate surface area is 97.8 Å². The number of carbonyl (C=O) groups is 2. The van der Waals surface area contributed by atoms with Crippen molar-refractivity contribution in [2.75, 3.05) is 13.2 Å². The minimum absolute atomic E-state index is 0.0956. The van der Waals surface area contributed by atoms with Gasteiger partial charge in [0, 0.05) is 17.9 Å². The maximum Gasteiger partial charge on any atom is 0.261 e. The molecule has 0 spiro atoms. The first-order valence-electron chi connectivity index (χ1n) is 5.12. The molecule has 0 unspecified atom stereocenters. The van der Waals surface area contributed by atoms with Gasteiger partial charge in [0.2, 0.25) is 0 Å². The molecule has 1 heterocycles. The standard InChI is InChI=1S/C11H14N2O4/c1-3-17-5-9(14)7-4-8(10(12)15)11(16)13-6(7)2/h4H,3,5H2,1-2H3,(H2,12,15)(H,13,16). The van der Waals surface area contributed by atoms with Crippen LogP contribution < -0.4 is 11.3 Å². The SMILES string of the molecule is CCOCC(=O)c1cc(C(N)=O)c(=O)[nH]c1C. The monoisotopic (exact) mass is 238 g/mol. The molecule has 1 aromatic heterocycles.